The van der Waals surface area contributed by atoms with E-state index in [1.807, 2.05) is 0 Å². The Kier molecular flexibility index (Phi) is 7.77. The minimum Gasteiger partial charge on any atom is -0.399 e. The molecule has 36 heavy (non-hydrogen) atoms. The summed E-state index contributed by atoms with van der Waals surface area (Å²) in [7, 11) is 9.69. The Morgan fingerprint density at radius 2 is 1.33 bits per heavy atom. The number of nitrogen functional groups attached to an aromatic ring is 2. The van der Waals surface area contributed by atoms with Gasteiger partial charge in [0.1, 0.15) is 0 Å². The average molecular weight is 495 g/mol. The van der Waals surface area contributed by atoms with Crippen molar-refractivity contribution in [2.45, 2.75) is 58.2 Å². The van der Waals surface area contributed by atoms with Gasteiger partial charge < -0.3 is 30.2 Å². The van der Waals surface area contributed by atoms with Crippen molar-refractivity contribution in [3.8, 4) is 0 Å². The second kappa shape index (κ2) is 10.5. The van der Waals surface area contributed by atoms with Gasteiger partial charge in [-0.05, 0) is 80.6 Å². The molecule has 0 amide bonds. The van der Waals surface area contributed by atoms with Crippen molar-refractivity contribution < 1.29 is 8.97 Å². The highest BCUT2D eigenvalue weighted by Crippen LogP contribution is 2.32. The van der Waals surface area contributed by atoms with Crippen LogP contribution in [0, 0.1) is 13.8 Å². The molecule has 2 aliphatic heterocycles. The monoisotopic (exact) mass is 494 g/mol. The summed E-state index contributed by atoms with van der Waals surface area (Å²) < 4.78 is 2.12. The van der Waals surface area contributed by atoms with E-state index >= 15 is 0 Å². The van der Waals surface area contributed by atoms with Crippen molar-refractivity contribution in [3.05, 3.63) is 47.5 Å². The van der Waals surface area contributed by atoms with Gasteiger partial charge in [-0.1, -0.05) is 0 Å². The summed E-state index contributed by atoms with van der Waals surface area (Å²) in [4.78, 5) is 5.24. The Balaban J connectivity index is 1.34. The highest BCUT2D eigenvalue weighted by molar-refractivity contribution is 5.59. The van der Waals surface area contributed by atoms with Crippen LogP contribution < -0.4 is 21.3 Å². The summed E-state index contributed by atoms with van der Waals surface area (Å²) in [6.07, 6.45) is 6.85. The molecule has 4 N–H and O–H groups in total. The predicted molar refractivity (Wildman–Crippen MR) is 155 cm³/mol. The molecule has 2 atom stereocenters. The number of anilines is 4. The maximum Gasteiger partial charge on any atom is 0.164 e. The normalized spacial score (nSPS) is 20.9. The second-order valence-corrected chi connectivity index (χ2v) is 12.6. The lowest BCUT2D eigenvalue weighted by molar-refractivity contribution is -0.924. The molecule has 0 spiro atoms. The van der Waals surface area contributed by atoms with E-state index in [0.717, 1.165) is 33.4 Å². The van der Waals surface area contributed by atoms with Crippen LogP contribution in [0.3, 0.4) is 0 Å². The molecule has 0 aliphatic carbocycles. The lowest BCUT2D eigenvalue weighted by atomic mass is 10.1. The van der Waals surface area contributed by atoms with Gasteiger partial charge in [-0.3, -0.25) is 0 Å². The Bertz CT molecular complexity index is 1050. The first-order chi connectivity index (χ1) is 17.0. The van der Waals surface area contributed by atoms with Crippen LogP contribution >= 0.6 is 0 Å². The standard InChI is InChI=1S/C30H50N6/c1-23-20-25(12-14-28(23)31)33-16-7-10-27(33)22-35(3,4)18-9-19-36(5,6)30-11-8-17-34(30)26-13-15-29(32)24(2)21-26/h12-15,20-21,27,30H,7-11,16-19,22,31-32H2,1-6H3/q+2. The molecule has 0 bridgehead atoms. The SMILES string of the molecule is Cc1cc(N2CCCC2C[N+](C)(C)CCC[N+](C)(C)C2CCCN2c2ccc(N)c(C)c2)ccc1N. The van der Waals surface area contributed by atoms with E-state index in [1.165, 1.54) is 74.2 Å². The fourth-order valence-electron chi connectivity index (χ4n) is 6.54. The van der Waals surface area contributed by atoms with Crippen LogP contribution in [0.2, 0.25) is 0 Å². The molecule has 2 aliphatic rings. The molecule has 0 aromatic heterocycles. The highest BCUT2D eigenvalue weighted by Gasteiger charge is 2.38. The Morgan fingerprint density at radius 3 is 1.94 bits per heavy atom. The molecule has 2 aromatic rings. The molecule has 198 valence electrons. The topological polar surface area (TPSA) is 58.5 Å². The Morgan fingerprint density at radius 1 is 0.778 bits per heavy atom. The first-order valence-corrected chi connectivity index (χ1v) is 13.9. The van der Waals surface area contributed by atoms with Crippen LogP contribution in [-0.2, 0) is 0 Å². The minimum absolute atomic E-state index is 0.530. The quantitative estimate of drug-likeness (QED) is 0.395. The van der Waals surface area contributed by atoms with Crippen molar-refractivity contribution in [2.75, 3.05) is 82.2 Å². The van der Waals surface area contributed by atoms with Crippen LogP contribution in [0.25, 0.3) is 0 Å². The number of hydrogen-bond donors (Lipinski definition) is 2. The number of likely N-dealkylation sites (N-methyl/N-ethyl adjacent to an activating group) is 1. The molecule has 2 fully saturated rings. The van der Waals surface area contributed by atoms with E-state index in [4.69, 9.17) is 11.5 Å². The van der Waals surface area contributed by atoms with Gasteiger partial charge in [0, 0.05) is 48.7 Å². The molecule has 2 heterocycles. The van der Waals surface area contributed by atoms with Gasteiger partial charge in [-0.2, -0.15) is 0 Å². The van der Waals surface area contributed by atoms with Crippen molar-refractivity contribution >= 4 is 22.7 Å². The second-order valence-electron chi connectivity index (χ2n) is 12.6. The lowest BCUT2D eigenvalue weighted by Crippen LogP contribution is -2.57. The zero-order chi connectivity index (χ0) is 26.1. The van der Waals surface area contributed by atoms with Gasteiger partial charge in [0.2, 0.25) is 0 Å². The lowest BCUT2D eigenvalue weighted by Gasteiger charge is -2.42. The summed E-state index contributed by atoms with van der Waals surface area (Å²) in [5.41, 5.74) is 19.0. The molecule has 2 unspecified atom stereocenters. The number of quaternary nitrogens is 2. The molecule has 6 heteroatoms. The van der Waals surface area contributed by atoms with Gasteiger partial charge in [0.25, 0.3) is 0 Å². The van der Waals surface area contributed by atoms with Gasteiger partial charge in [0.05, 0.1) is 53.9 Å². The maximum absolute atomic E-state index is 6.09. The van der Waals surface area contributed by atoms with Crippen LogP contribution in [0.4, 0.5) is 22.7 Å². The first-order valence-electron chi connectivity index (χ1n) is 13.9. The van der Waals surface area contributed by atoms with Crippen molar-refractivity contribution in [1.82, 2.24) is 0 Å². The van der Waals surface area contributed by atoms with Crippen molar-refractivity contribution in [2.24, 2.45) is 0 Å². The van der Waals surface area contributed by atoms with E-state index < -0.39 is 0 Å². The number of benzene rings is 2. The molecule has 4 rings (SSSR count). The van der Waals surface area contributed by atoms with Crippen LogP contribution in [-0.4, -0.2) is 82.1 Å². The number of nitrogens with zero attached hydrogens (tertiary/aromatic N) is 4. The van der Waals surface area contributed by atoms with Crippen molar-refractivity contribution in [1.29, 1.82) is 0 Å². The zero-order valence-corrected chi connectivity index (χ0v) is 23.6. The largest absolute Gasteiger partial charge is 0.399 e. The molecular weight excluding hydrogens is 444 g/mol. The summed E-state index contributed by atoms with van der Waals surface area (Å²) in [6, 6.07) is 13.7. The fraction of sp³-hybridized carbons (Fsp3) is 0.600. The number of rotatable bonds is 9. The van der Waals surface area contributed by atoms with Gasteiger partial charge in [-0.25, -0.2) is 0 Å². The highest BCUT2D eigenvalue weighted by atomic mass is 15.5. The third-order valence-corrected chi connectivity index (χ3v) is 8.78. The third-order valence-electron chi connectivity index (χ3n) is 8.78. The molecule has 2 saturated heterocycles. The fourth-order valence-corrected chi connectivity index (χ4v) is 6.54. The Hall–Kier alpha value is -2.44. The van der Waals surface area contributed by atoms with Crippen LogP contribution in [0.5, 0.6) is 0 Å². The predicted octanol–water partition coefficient (Wildman–Crippen LogP) is 4.61. The van der Waals surface area contributed by atoms with E-state index in [2.05, 4.69) is 88.2 Å². The average Bonchev–Trinajstić information content (AvgIpc) is 3.47. The van der Waals surface area contributed by atoms with E-state index in [9.17, 15) is 0 Å². The number of aryl methyl sites for hydroxylation is 2. The van der Waals surface area contributed by atoms with Gasteiger partial charge in [-0.15, -0.1) is 0 Å². The van der Waals surface area contributed by atoms with E-state index in [-0.39, 0.29) is 0 Å². The molecule has 0 radical (unpaired) electrons. The van der Waals surface area contributed by atoms with Gasteiger partial charge in [0.15, 0.2) is 6.17 Å². The van der Waals surface area contributed by atoms with Crippen LogP contribution in [0.1, 0.15) is 43.2 Å². The minimum atomic E-state index is 0.530. The van der Waals surface area contributed by atoms with Crippen molar-refractivity contribution in [3.63, 3.8) is 0 Å². The molecule has 2 aromatic carbocycles. The number of nitrogens with two attached hydrogens (primary N) is 2. The zero-order valence-electron chi connectivity index (χ0n) is 23.6. The Labute approximate surface area is 219 Å². The summed E-state index contributed by atoms with van der Waals surface area (Å²) in [5.74, 6) is 0. The molecule has 6 nitrogen and oxygen atoms in total. The van der Waals surface area contributed by atoms with E-state index in [1.54, 1.807) is 0 Å². The van der Waals surface area contributed by atoms with Crippen LogP contribution in [0.15, 0.2) is 36.4 Å². The maximum atomic E-state index is 6.09. The molecular formula is C30H50N6+2. The first kappa shape index (κ1) is 26.6. The third kappa shape index (κ3) is 5.92. The smallest absolute Gasteiger partial charge is 0.164 e. The van der Waals surface area contributed by atoms with E-state index in [0.29, 0.717) is 12.2 Å². The summed E-state index contributed by atoms with van der Waals surface area (Å²) in [6.45, 7) is 10.1. The summed E-state index contributed by atoms with van der Waals surface area (Å²) >= 11 is 0. The number of hydrogen-bond acceptors (Lipinski definition) is 4. The summed E-state index contributed by atoms with van der Waals surface area (Å²) in [5, 5.41) is 0. The van der Waals surface area contributed by atoms with Gasteiger partial charge >= 0.3 is 0 Å². The molecule has 0 saturated carbocycles.